The van der Waals surface area contributed by atoms with E-state index < -0.39 is 0 Å². The molecule has 94 valence electrons. The van der Waals surface area contributed by atoms with E-state index in [9.17, 15) is 9.59 Å². The van der Waals surface area contributed by atoms with Gasteiger partial charge in [0.2, 0.25) is 0 Å². The highest BCUT2D eigenvalue weighted by Gasteiger charge is 2.47. The lowest BCUT2D eigenvalue weighted by Crippen LogP contribution is -2.43. The fourth-order valence-corrected chi connectivity index (χ4v) is 3.40. The van der Waals surface area contributed by atoms with Gasteiger partial charge in [0.1, 0.15) is 0 Å². The van der Waals surface area contributed by atoms with Crippen molar-refractivity contribution >= 4 is 11.8 Å². The van der Waals surface area contributed by atoms with Gasteiger partial charge in [-0.3, -0.25) is 9.59 Å². The monoisotopic (exact) mass is 236 g/mol. The van der Waals surface area contributed by atoms with E-state index in [4.69, 9.17) is 4.74 Å². The third kappa shape index (κ3) is 2.15. The fourth-order valence-electron chi connectivity index (χ4n) is 3.40. The number of ketones is 1. The van der Waals surface area contributed by atoms with E-state index in [0.717, 1.165) is 18.4 Å². The molecule has 0 spiro atoms. The van der Waals surface area contributed by atoms with Crippen LogP contribution in [0.2, 0.25) is 0 Å². The van der Waals surface area contributed by atoms with E-state index in [0.29, 0.717) is 18.9 Å². The first-order valence-corrected chi connectivity index (χ1v) is 6.36. The molecule has 0 heterocycles. The molecule has 0 N–H and O–H groups in total. The van der Waals surface area contributed by atoms with Crippen molar-refractivity contribution in [1.29, 1.82) is 0 Å². The van der Waals surface area contributed by atoms with Gasteiger partial charge in [0.25, 0.3) is 0 Å². The van der Waals surface area contributed by atoms with Gasteiger partial charge < -0.3 is 4.74 Å². The van der Waals surface area contributed by atoms with E-state index in [1.165, 1.54) is 0 Å². The molecular formula is C14H20O3. The minimum Gasteiger partial charge on any atom is -0.466 e. The number of carbonyl (C=O) groups excluding carboxylic acids is 2. The second-order valence-corrected chi connectivity index (χ2v) is 5.59. The van der Waals surface area contributed by atoms with Gasteiger partial charge in [-0.1, -0.05) is 13.0 Å². The van der Waals surface area contributed by atoms with Gasteiger partial charge in [-0.15, -0.1) is 0 Å². The summed E-state index contributed by atoms with van der Waals surface area (Å²) in [7, 11) is 0. The van der Waals surface area contributed by atoms with Crippen molar-refractivity contribution in [3.63, 3.8) is 0 Å². The van der Waals surface area contributed by atoms with Gasteiger partial charge in [0.15, 0.2) is 5.78 Å². The van der Waals surface area contributed by atoms with Crippen molar-refractivity contribution in [3.8, 4) is 0 Å². The molecule has 1 fully saturated rings. The van der Waals surface area contributed by atoms with Crippen LogP contribution in [-0.4, -0.2) is 18.4 Å². The molecule has 2 rings (SSSR count). The van der Waals surface area contributed by atoms with Gasteiger partial charge in [0, 0.05) is 5.41 Å². The Morgan fingerprint density at radius 2 is 2.24 bits per heavy atom. The van der Waals surface area contributed by atoms with E-state index in [1.54, 1.807) is 0 Å². The number of esters is 1. The van der Waals surface area contributed by atoms with Crippen molar-refractivity contribution in [2.45, 2.75) is 40.0 Å². The molecule has 0 unspecified atom stereocenters. The quantitative estimate of drug-likeness (QED) is 0.692. The fraction of sp³-hybridized carbons (Fsp3) is 0.714. The van der Waals surface area contributed by atoms with Crippen molar-refractivity contribution in [3.05, 3.63) is 11.6 Å². The SMILES string of the molecule is CCOC(=O)[C@H]1C[C@@H]2C=C(C)C(=O)[C@](C)(C2)C1. The van der Waals surface area contributed by atoms with Crippen LogP contribution >= 0.6 is 0 Å². The second kappa shape index (κ2) is 4.28. The third-order valence-corrected chi connectivity index (χ3v) is 4.01. The summed E-state index contributed by atoms with van der Waals surface area (Å²) in [6.07, 6.45) is 4.40. The largest absolute Gasteiger partial charge is 0.466 e. The maximum absolute atomic E-state index is 12.2. The minimum absolute atomic E-state index is 0.105. The normalized spacial score (nSPS) is 36.4. The Labute approximate surface area is 102 Å². The Balaban J connectivity index is 2.20. The number of fused-ring (bicyclic) bond motifs is 2. The molecule has 0 saturated heterocycles. The summed E-state index contributed by atoms with van der Waals surface area (Å²) >= 11 is 0. The predicted molar refractivity (Wildman–Crippen MR) is 64.3 cm³/mol. The summed E-state index contributed by atoms with van der Waals surface area (Å²) in [6, 6.07) is 0. The molecular weight excluding hydrogens is 216 g/mol. The zero-order valence-electron chi connectivity index (χ0n) is 10.8. The molecule has 0 aromatic rings. The van der Waals surface area contributed by atoms with Gasteiger partial charge in [0.05, 0.1) is 12.5 Å². The van der Waals surface area contributed by atoms with E-state index >= 15 is 0 Å². The van der Waals surface area contributed by atoms with Gasteiger partial charge in [-0.2, -0.15) is 0 Å². The minimum atomic E-state index is -0.348. The molecule has 3 atom stereocenters. The lowest BCUT2D eigenvalue weighted by Gasteiger charge is -2.42. The van der Waals surface area contributed by atoms with Crippen molar-refractivity contribution in [2.24, 2.45) is 17.3 Å². The van der Waals surface area contributed by atoms with Gasteiger partial charge in [-0.05, 0) is 44.6 Å². The molecule has 0 aliphatic heterocycles. The van der Waals surface area contributed by atoms with Crippen LogP contribution in [0.4, 0.5) is 0 Å². The lowest BCUT2D eigenvalue weighted by atomic mass is 9.60. The van der Waals surface area contributed by atoms with E-state index in [2.05, 4.69) is 0 Å². The summed E-state index contributed by atoms with van der Waals surface area (Å²) in [5, 5.41) is 0. The van der Waals surface area contributed by atoms with Crippen molar-refractivity contribution < 1.29 is 14.3 Å². The van der Waals surface area contributed by atoms with Crippen LogP contribution in [-0.2, 0) is 14.3 Å². The second-order valence-electron chi connectivity index (χ2n) is 5.59. The van der Waals surface area contributed by atoms with Crippen LogP contribution in [0.15, 0.2) is 11.6 Å². The molecule has 0 radical (unpaired) electrons. The number of carbonyl (C=O) groups is 2. The summed E-state index contributed by atoms with van der Waals surface area (Å²) in [5.41, 5.74) is 0.519. The molecule has 3 heteroatoms. The molecule has 0 aromatic carbocycles. The topological polar surface area (TPSA) is 43.4 Å². The van der Waals surface area contributed by atoms with Crippen LogP contribution in [0, 0.1) is 17.3 Å². The number of Topliss-reactive ketones (excluding diaryl/α,β-unsaturated/α-hetero) is 1. The molecule has 1 saturated carbocycles. The van der Waals surface area contributed by atoms with Crippen molar-refractivity contribution in [2.75, 3.05) is 6.61 Å². The predicted octanol–water partition coefficient (Wildman–Crippen LogP) is 2.50. The number of hydrogen-bond donors (Lipinski definition) is 0. The molecule has 2 bridgehead atoms. The highest BCUT2D eigenvalue weighted by atomic mass is 16.5. The number of ether oxygens (including phenoxy) is 1. The number of rotatable bonds is 2. The molecule has 2 aliphatic rings. The molecule has 2 aliphatic carbocycles. The van der Waals surface area contributed by atoms with E-state index in [1.807, 2.05) is 26.8 Å². The van der Waals surface area contributed by atoms with Gasteiger partial charge >= 0.3 is 5.97 Å². The Morgan fingerprint density at radius 3 is 2.88 bits per heavy atom. The average molecular weight is 236 g/mol. The van der Waals surface area contributed by atoms with Crippen LogP contribution in [0.5, 0.6) is 0 Å². The smallest absolute Gasteiger partial charge is 0.308 e. The summed E-state index contributed by atoms with van der Waals surface area (Å²) < 4.78 is 5.08. The van der Waals surface area contributed by atoms with Crippen LogP contribution < -0.4 is 0 Å². The molecule has 17 heavy (non-hydrogen) atoms. The summed E-state index contributed by atoms with van der Waals surface area (Å²) in [4.78, 5) is 24.0. The Morgan fingerprint density at radius 1 is 1.53 bits per heavy atom. The standard InChI is InChI=1S/C14H20O3/c1-4-17-13(16)11-6-10-5-9(2)12(15)14(3,7-10)8-11/h5,10-11H,4,6-8H2,1-3H3/t10-,11-,14+/m0/s1. The zero-order chi connectivity index (χ0) is 12.6. The average Bonchev–Trinajstić information content (AvgIpc) is 2.26. The molecule has 0 amide bonds. The Bertz CT molecular complexity index is 383. The Hall–Kier alpha value is -1.12. The maximum Gasteiger partial charge on any atom is 0.308 e. The van der Waals surface area contributed by atoms with E-state index in [-0.39, 0.29) is 23.1 Å². The highest BCUT2D eigenvalue weighted by Crippen LogP contribution is 2.48. The van der Waals surface area contributed by atoms with Crippen LogP contribution in [0.1, 0.15) is 40.0 Å². The number of hydrogen-bond acceptors (Lipinski definition) is 3. The summed E-state index contributed by atoms with van der Waals surface area (Å²) in [5.74, 6) is 0.333. The molecule has 0 aromatic heterocycles. The summed E-state index contributed by atoms with van der Waals surface area (Å²) in [6.45, 7) is 6.11. The highest BCUT2D eigenvalue weighted by molar-refractivity contribution is 6.00. The van der Waals surface area contributed by atoms with Crippen molar-refractivity contribution in [1.82, 2.24) is 0 Å². The van der Waals surface area contributed by atoms with Crippen LogP contribution in [0.25, 0.3) is 0 Å². The first-order chi connectivity index (χ1) is 7.96. The van der Waals surface area contributed by atoms with Gasteiger partial charge in [-0.25, -0.2) is 0 Å². The Kier molecular flexibility index (Phi) is 3.11. The van der Waals surface area contributed by atoms with Crippen LogP contribution in [0.3, 0.4) is 0 Å². The zero-order valence-corrected chi connectivity index (χ0v) is 10.8. The number of allylic oxidation sites excluding steroid dienone is 2. The lowest BCUT2D eigenvalue weighted by molar-refractivity contribution is -0.152. The first kappa shape index (κ1) is 12.3. The third-order valence-electron chi connectivity index (χ3n) is 4.01. The maximum atomic E-state index is 12.2. The first-order valence-electron chi connectivity index (χ1n) is 6.36. The molecule has 3 nitrogen and oxygen atoms in total.